The third kappa shape index (κ3) is 4.31. The van der Waals surface area contributed by atoms with E-state index >= 15 is 0 Å². The molecule has 6 nitrogen and oxygen atoms in total. The van der Waals surface area contributed by atoms with Gasteiger partial charge in [0.15, 0.2) is 0 Å². The molecule has 1 saturated heterocycles. The van der Waals surface area contributed by atoms with Crippen LogP contribution in [0.1, 0.15) is 22.3 Å². The molecular formula is C20H19FN2O4. The molecule has 1 unspecified atom stereocenters. The lowest BCUT2D eigenvalue weighted by atomic mass is 10.1. The van der Waals surface area contributed by atoms with Crippen LogP contribution in [0.25, 0.3) is 0 Å². The maximum Gasteiger partial charge on any atom is 0.335 e. The van der Waals surface area contributed by atoms with Gasteiger partial charge in [0.05, 0.1) is 5.56 Å². The van der Waals surface area contributed by atoms with Gasteiger partial charge in [0.25, 0.3) is 0 Å². The van der Waals surface area contributed by atoms with Crippen LogP contribution in [0.5, 0.6) is 0 Å². The number of carbonyl (C=O) groups excluding carboxylic acids is 2. The lowest BCUT2D eigenvalue weighted by Crippen LogP contribution is -2.37. The third-order valence-corrected chi connectivity index (χ3v) is 4.55. The smallest absolute Gasteiger partial charge is 0.335 e. The van der Waals surface area contributed by atoms with Gasteiger partial charge in [0.1, 0.15) is 11.7 Å². The van der Waals surface area contributed by atoms with E-state index in [4.69, 9.17) is 5.11 Å². The second-order valence-electron chi connectivity index (χ2n) is 6.35. The second kappa shape index (κ2) is 7.99. The lowest BCUT2D eigenvalue weighted by molar-refractivity contribution is -0.132. The molecule has 140 valence electrons. The van der Waals surface area contributed by atoms with Crippen molar-refractivity contribution in [1.82, 2.24) is 5.32 Å². The minimum absolute atomic E-state index is 0.194. The predicted molar refractivity (Wildman–Crippen MR) is 97.0 cm³/mol. The first-order valence-corrected chi connectivity index (χ1v) is 8.62. The molecule has 2 amide bonds. The minimum Gasteiger partial charge on any atom is -0.478 e. The maximum absolute atomic E-state index is 13.0. The van der Waals surface area contributed by atoms with Crippen molar-refractivity contribution in [3.63, 3.8) is 0 Å². The Bertz CT molecular complexity index is 867. The van der Waals surface area contributed by atoms with E-state index in [-0.39, 0.29) is 23.2 Å². The van der Waals surface area contributed by atoms with Gasteiger partial charge in [0, 0.05) is 18.8 Å². The fourth-order valence-electron chi connectivity index (χ4n) is 3.11. The summed E-state index contributed by atoms with van der Waals surface area (Å²) in [5, 5.41) is 11.7. The monoisotopic (exact) mass is 370 g/mol. The Labute approximate surface area is 155 Å². The van der Waals surface area contributed by atoms with Crippen LogP contribution in [0.3, 0.4) is 0 Å². The van der Waals surface area contributed by atoms with Gasteiger partial charge < -0.3 is 15.3 Å². The molecule has 0 spiro atoms. The summed E-state index contributed by atoms with van der Waals surface area (Å²) in [6.45, 7) is 0.714. The number of benzene rings is 2. The topological polar surface area (TPSA) is 86.7 Å². The van der Waals surface area contributed by atoms with Gasteiger partial charge in [-0.15, -0.1) is 0 Å². The Morgan fingerprint density at radius 1 is 1.19 bits per heavy atom. The molecule has 0 bridgehead atoms. The zero-order valence-corrected chi connectivity index (χ0v) is 14.5. The molecule has 3 rings (SSSR count). The van der Waals surface area contributed by atoms with E-state index in [0.29, 0.717) is 31.6 Å². The van der Waals surface area contributed by atoms with Crippen LogP contribution >= 0.6 is 0 Å². The summed E-state index contributed by atoms with van der Waals surface area (Å²) in [4.78, 5) is 37.3. The first-order chi connectivity index (χ1) is 13.0. The third-order valence-electron chi connectivity index (χ3n) is 4.55. The van der Waals surface area contributed by atoms with E-state index in [1.807, 2.05) is 0 Å². The molecule has 2 N–H and O–H groups in total. The Morgan fingerprint density at radius 2 is 1.93 bits per heavy atom. The number of halogens is 1. The molecule has 27 heavy (non-hydrogen) atoms. The van der Waals surface area contributed by atoms with E-state index < -0.39 is 11.9 Å². The highest BCUT2D eigenvalue weighted by Gasteiger charge is 2.37. The van der Waals surface area contributed by atoms with E-state index in [1.54, 1.807) is 18.2 Å². The van der Waals surface area contributed by atoms with Crippen molar-refractivity contribution in [2.75, 3.05) is 18.0 Å². The van der Waals surface area contributed by atoms with Gasteiger partial charge in [0.2, 0.25) is 11.8 Å². The Kier molecular flexibility index (Phi) is 5.49. The molecule has 1 fully saturated rings. The number of rotatable bonds is 6. The molecule has 2 aromatic carbocycles. The fourth-order valence-corrected chi connectivity index (χ4v) is 3.11. The number of hydrogen-bond donors (Lipinski definition) is 2. The zero-order chi connectivity index (χ0) is 19.4. The van der Waals surface area contributed by atoms with Crippen LogP contribution in [0, 0.1) is 11.7 Å². The van der Waals surface area contributed by atoms with Gasteiger partial charge in [-0.25, -0.2) is 9.18 Å². The fraction of sp³-hybridized carbons (Fsp3) is 0.250. The standard InChI is InChI=1S/C20H19FN2O4/c21-15-4-6-16(7-5-15)23-11-9-17(19(23)25)18(24)22-10-8-13-2-1-3-14(12-13)20(26)27/h1-7,12,17H,8-11H2,(H,22,24)(H,26,27). The summed E-state index contributed by atoms with van der Waals surface area (Å²) < 4.78 is 13.0. The molecule has 7 heteroatoms. The molecule has 0 saturated carbocycles. The van der Waals surface area contributed by atoms with Crippen molar-refractivity contribution in [3.05, 3.63) is 65.5 Å². The van der Waals surface area contributed by atoms with Crippen molar-refractivity contribution in [3.8, 4) is 0 Å². The van der Waals surface area contributed by atoms with Crippen LogP contribution in [-0.2, 0) is 16.0 Å². The highest BCUT2D eigenvalue weighted by molar-refractivity contribution is 6.09. The Balaban J connectivity index is 1.54. The number of anilines is 1. The maximum atomic E-state index is 13.0. The summed E-state index contributed by atoms with van der Waals surface area (Å²) in [6, 6.07) is 12.1. The average Bonchev–Trinajstić information content (AvgIpc) is 3.04. The molecule has 0 radical (unpaired) electrons. The van der Waals surface area contributed by atoms with E-state index in [9.17, 15) is 18.8 Å². The minimum atomic E-state index is -1.00. The largest absolute Gasteiger partial charge is 0.478 e. The molecular weight excluding hydrogens is 351 g/mol. The van der Waals surface area contributed by atoms with Crippen molar-refractivity contribution in [1.29, 1.82) is 0 Å². The van der Waals surface area contributed by atoms with Crippen LogP contribution in [-0.4, -0.2) is 36.0 Å². The van der Waals surface area contributed by atoms with E-state index in [1.165, 1.54) is 35.2 Å². The summed E-state index contributed by atoms with van der Waals surface area (Å²) >= 11 is 0. The normalized spacial score (nSPS) is 16.4. The van der Waals surface area contributed by atoms with Crippen LogP contribution < -0.4 is 10.2 Å². The van der Waals surface area contributed by atoms with Crippen molar-refractivity contribution >= 4 is 23.5 Å². The number of hydrogen-bond acceptors (Lipinski definition) is 3. The highest BCUT2D eigenvalue weighted by Crippen LogP contribution is 2.25. The molecule has 1 heterocycles. The Morgan fingerprint density at radius 3 is 2.63 bits per heavy atom. The van der Waals surface area contributed by atoms with Crippen LogP contribution in [0.15, 0.2) is 48.5 Å². The molecule has 2 aromatic rings. The van der Waals surface area contributed by atoms with Crippen LogP contribution in [0.2, 0.25) is 0 Å². The molecule has 0 aliphatic carbocycles. The number of amides is 2. The van der Waals surface area contributed by atoms with Crippen molar-refractivity contribution in [2.45, 2.75) is 12.8 Å². The number of nitrogens with one attached hydrogen (secondary N) is 1. The zero-order valence-electron chi connectivity index (χ0n) is 14.5. The number of aromatic carboxylic acids is 1. The second-order valence-corrected chi connectivity index (χ2v) is 6.35. The van der Waals surface area contributed by atoms with Gasteiger partial charge in [-0.2, -0.15) is 0 Å². The summed E-state index contributed by atoms with van der Waals surface area (Å²) in [7, 11) is 0. The molecule has 1 aliphatic heterocycles. The lowest BCUT2D eigenvalue weighted by Gasteiger charge is -2.16. The van der Waals surface area contributed by atoms with Gasteiger partial charge in [-0.1, -0.05) is 12.1 Å². The molecule has 1 atom stereocenters. The SMILES string of the molecule is O=C(O)c1cccc(CCNC(=O)C2CCN(c3ccc(F)cc3)C2=O)c1. The van der Waals surface area contributed by atoms with E-state index in [0.717, 1.165) is 5.56 Å². The predicted octanol–water partition coefficient (Wildman–Crippen LogP) is 2.24. The number of carboxylic acids is 1. The molecule has 1 aliphatic rings. The Hall–Kier alpha value is -3.22. The summed E-state index contributed by atoms with van der Waals surface area (Å²) in [5.41, 5.74) is 1.56. The number of nitrogens with zero attached hydrogens (tertiary/aromatic N) is 1. The van der Waals surface area contributed by atoms with Gasteiger partial charge in [-0.05, 0) is 54.8 Å². The van der Waals surface area contributed by atoms with E-state index in [2.05, 4.69) is 5.32 Å². The quantitative estimate of drug-likeness (QED) is 0.764. The highest BCUT2D eigenvalue weighted by atomic mass is 19.1. The number of carboxylic acid groups (broad SMARTS) is 1. The average molecular weight is 370 g/mol. The number of carbonyl (C=O) groups is 3. The first kappa shape index (κ1) is 18.6. The van der Waals surface area contributed by atoms with Gasteiger partial charge in [-0.3, -0.25) is 9.59 Å². The molecule has 0 aromatic heterocycles. The first-order valence-electron chi connectivity index (χ1n) is 8.62. The van der Waals surface area contributed by atoms with Crippen molar-refractivity contribution in [2.24, 2.45) is 5.92 Å². The summed E-state index contributed by atoms with van der Waals surface area (Å²) in [6.07, 6.45) is 0.867. The van der Waals surface area contributed by atoms with Crippen molar-refractivity contribution < 1.29 is 23.9 Å². The van der Waals surface area contributed by atoms with Gasteiger partial charge >= 0.3 is 5.97 Å². The summed E-state index contributed by atoms with van der Waals surface area (Å²) in [5.74, 6) is -2.80. The van der Waals surface area contributed by atoms with Crippen LogP contribution in [0.4, 0.5) is 10.1 Å².